The highest BCUT2D eigenvalue weighted by atomic mass is 16.5. The molecule has 4 heteroatoms. The van der Waals surface area contributed by atoms with Crippen LogP contribution in [0.1, 0.15) is 11.7 Å². The molecule has 0 aliphatic rings. The maximum atomic E-state index is 11.8. The van der Waals surface area contributed by atoms with E-state index in [4.69, 9.17) is 10.6 Å². The Hall–Kier alpha value is -2.33. The minimum Gasteiger partial charge on any atom is -0.476 e. The fourth-order valence-corrected chi connectivity index (χ4v) is 1.61. The Bertz CT molecular complexity index is 500. The highest BCUT2D eigenvalue weighted by Gasteiger charge is 2.21. The van der Waals surface area contributed by atoms with Crippen LogP contribution in [0.2, 0.25) is 0 Å². The van der Waals surface area contributed by atoms with Crippen LogP contribution in [0.5, 0.6) is 5.75 Å². The Morgan fingerprint density at radius 3 is 2.11 bits per heavy atom. The lowest BCUT2D eigenvalue weighted by Crippen LogP contribution is -2.37. The molecular formula is C14H14N2O2. The van der Waals surface area contributed by atoms with Crippen LogP contribution in [0.3, 0.4) is 0 Å². The predicted octanol–water partition coefficient (Wildman–Crippen LogP) is 1.80. The van der Waals surface area contributed by atoms with Gasteiger partial charge in [0.1, 0.15) is 5.75 Å². The fraction of sp³-hybridized carbons (Fsp3) is 0.0714. The number of amides is 1. The van der Waals surface area contributed by atoms with Crippen molar-refractivity contribution in [3.05, 3.63) is 66.2 Å². The molecule has 92 valence electrons. The van der Waals surface area contributed by atoms with Crippen LogP contribution in [0.25, 0.3) is 0 Å². The van der Waals surface area contributed by atoms with Crippen molar-refractivity contribution in [2.24, 2.45) is 5.84 Å². The topological polar surface area (TPSA) is 64.3 Å². The van der Waals surface area contributed by atoms with Gasteiger partial charge in [0.15, 0.2) is 0 Å². The number of carbonyl (C=O) groups excluding carboxylic acids is 1. The van der Waals surface area contributed by atoms with Gasteiger partial charge in [-0.15, -0.1) is 0 Å². The smallest absolute Gasteiger partial charge is 0.279 e. The molecule has 2 rings (SSSR count). The Labute approximate surface area is 105 Å². The number of ether oxygens (including phenoxy) is 1. The first-order chi connectivity index (χ1) is 8.81. The third-order valence-electron chi connectivity index (χ3n) is 2.48. The van der Waals surface area contributed by atoms with Gasteiger partial charge in [-0.3, -0.25) is 10.2 Å². The monoisotopic (exact) mass is 242 g/mol. The molecule has 0 heterocycles. The van der Waals surface area contributed by atoms with E-state index in [9.17, 15) is 4.79 Å². The van der Waals surface area contributed by atoms with Crippen LogP contribution >= 0.6 is 0 Å². The summed E-state index contributed by atoms with van der Waals surface area (Å²) in [5.41, 5.74) is 2.87. The van der Waals surface area contributed by atoms with Gasteiger partial charge in [0.2, 0.25) is 6.10 Å². The van der Waals surface area contributed by atoms with Crippen molar-refractivity contribution in [2.75, 3.05) is 0 Å². The SMILES string of the molecule is NNC(=O)C(Oc1ccccc1)c1ccccc1. The van der Waals surface area contributed by atoms with Crippen molar-refractivity contribution in [3.8, 4) is 5.75 Å². The molecule has 0 aromatic heterocycles. The van der Waals surface area contributed by atoms with Crippen molar-refractivity contribution >= 4 is 5.91 Å². The molecule has 1 unspecified atom stereocenters. The number of benzene rings is 2. The first-order valence-electron chi connectivity index (χ1n) is 5.58. The molecule has 0 fully saturated rings. The first-order valence-corrected chi connectivity index (χ1v) is 5.58. The molecule has 0 bridgehead atoms. The number of hydrogen-bond acceptors (Lipinski definition) is 3. The summed E-state index contributed by atoms with van der Waals surface area (Å²) in [5, 5.41) is 0. The summed E-state index contributed by atoms with van der Waals surface area (Å²) in [6, 6.07) is 18.4. The van der Waals surface area contributed by atoms with Gasteiger partial charge in [0.25, 0.3) is 5.91 Å². The molecule has 2 aromatic rings. The van der Waals surface area contributed by atoms with E-state index in [1.807, 2.05) is 48.5 Å². The number of nitrogens with two attached hydrogens (primary N) is 1. The molecule has 0 saturated carbocycles. The molecule has 1 atom stereocenters. The average Bonchev–Trinajstić information content (AvgIpc) is 2.46. The zero-order valence-electron chi connectivity index (χ0n) is 9.74. The second kappa shape index (κ2) is 5.84. The second-order valence-corrected chi connectivity index (χ2v) is 3.73. The maximum absolute atomic E-state index is 11.8. The molecule has 1 amide bonds. The van der Waals surface area contributed by atoms with E-state index in [0.717, 1.165) is 5.56 Å². The minimum atomic E-state index is -0.751. The molecule has 3 N–H and O–H groups in total. The van der Waals surface area contributed by atoms with Crippen LogP contribution in [0.15, 0.2) is 60.7 Å². The van der Waals surface area contributed by atoms with Gasteiger partial charge in [-0.05, 0) is 12.1 Å². The molecule has 0 saturated heterocycles. The third kappa shape index (κ3) is 2.87. The van der Waals surface area contributed by atoms with Crippen molar-refractivity contribution < 1.29 is 9.53 Å². The standard InChI is InChI=1S/C14H14N2O2/c15-16-14(17)13(11-7-3-1-4-8-11)18-12-9-5-2-6-10-12/h1-10,13H,15H2,(H,16,17). The first kappa shape index (κ1) is 12.1. The largest absolute Gasteiger partial charge is 0.476 e. The summed E-state index contributed by atoms with van der Waals surface area (Å²) in [6.45, 7) is 0. The lowest BCUT2D eigenvalue weighted by atomic mass is 10.1. The number of para-hydroxylation sites is 1. The van der Waals surface area contributed by atoms with E-state index in [1.54, 1.807) is 12.1 Å². The highest BCUT2D eigenvalue weighted by molar-refractivity contribution is 5.82. The summed E-state index contributed by atoms with van der Waals surface area (Å²) in [6.07, 6.45) is -0.751. The van der Waals surface area contributed by atoms with Gasteiger partial charge in [0.05, 0.1) is 0 Å². The normalized spacial score (nSPS) is 11.6. The van der Waals surface area contributed by atoms with Gasteiger partial charge in [-0.25, -0.2) is 5.84 Å². The number of hydrazine groups is 1. The van der Waals surface area contributed by atoms with Crippen LogP contribution in [-0.2, 0) is 4.79 Å². The lowest BCUT2D eigenvalue weighted by Gasteiger charge is -2.17. The average molecular weight is 242 g/mol. The predicted molar refractivity (Wildman–Crippen MR) is 68.6 cm³/mol. The quantitative estimate of drug-likeness (QED) is 0.488. The lowest BCUT2D eigenvalue weighted by molar-refractivity contribution is -0.128. The Kier molecular flexibility index (Phi) is 3.94. The number of hydrogen-bond donors (Lipinski definition) is 2. The van der Waals surface area contributed by atoms with Crippen LogP contribution < -0.4 is 16.0 Å². The number of nitrogens with one attached hydrogen (secondary N) is 1. The van der Waals surface area contributed by atoms with E-state index in [1.165, 1.54) is 0 Å². The number of rotatable bonds is 4. The van der Waals surface area contributed by atoms with Gasteiger partial charge in [-0.1, -0.05) is 48.5 Å². The van der Waals surface area contributed by atoms with E-state index in [-0.39, 0.29) is 5.91 Å². The van der Waals surface area contributed by atoms with Crippen molar-refractivity contribution in [2.45, 2.75) is 6.10 Å². The fourth-order valence-electron chi connectivity index (χ4n) is 1.61. The van der Waals surface area contributed by atoms with Gasteiger partial charge in [-0.2, -0.15) is 0 Å². The van der Waals surface area contributed by atoms with Gasteiger partial charge < -0.3 is 4.74 Å². The summed E-state index contributed by atoms with van der Waals surface area (Å²) in [7, 11) is 0. The van der Waals surface area contributed by atoms with E-state index >= 15 is 0 Å². The minimum absolute atomic E-state index is 0.384. The molecule has 0 aliphatic carbocycles. The maximum Gasteiger partial charge on any atom is 0.279 e. The van der Waals surface area contributed by atoms with E-state index in [0.29, 0.717) is 5.75 Å². The molecule has 2 aromatic carbocycles. The Morgan fingerprint density at radius 1 is 1.00 bits per heavy atom. The zero-order chi connectivity index (χ0) is 12.8. The molecule has 4 nitrogen and oxygen atoms in total. The van der Waals surface area contributed by atoms with Crippen molar-refractivity contribution in [1.29, 1.82) is 0 Å². The Balaban J connectivity index is 2.24. The van der Waals surface area contributed by atoms with Crippen molar-refractivity contribution in [3.63, 3.8) is 0 Å². The Morgan fingerprint density at radius 2 is 1.56 bits per heavy atom. The van der Waals surface area contributed by atoms with E-state index < -0.39 is 6.10 Å². The van der Waals surface area contributed by atoms with Crippen LogP contribution in [-0.4, -0.2) is 5.91 Å². The molecule has 0 spiro atoms. The molecular weight excluding hydrogens is 228 g/mol. The second-order valence-electron chi connectivity index (χ2n) is 3.73. The van der Waals surface area contributed by atoms with Gasteiger partial charge >= 0.3 is 0 Å². The summed E-state index contributed by atoms with van der Waals surface area (Å²) in [4.78, 5) is 11.8. The molecule has 0 radical (unpaired) electrons. The highest BCUT2D eigenvalue weighted by Crippen LogP contribution is 2.21. The van der Waals surface area contributed by atoms with E-state index in [2.05, 4.69) is 5.43 Å². The zero-order valence-corrected chi connectivity index (χ0v) is 9.74. The molecule has 18 heavy (non-hydrogen) atoms. The summed E-state index contributed by atoms with van der Waals surface area (Å²) >= 11 is 0. The van der Waals surface area contributed by atoms with Gasteiger partial charge in [0, 0.05) is 5.56 Å². The summed E-state index contributed by atoms with van der Waals surface area (Å²) < 4.78 is 5.66. The number of carbonyl (C=O) groups is 1. The van der Waals surface area contributed by atoms with Crippen LogP contribution in [0.4, 0.5) is 0 Å². The molecule has 0 aliphatic heterocycles. The van der Waals surface area contributed by atoms with Crippen molar-refractivity contribution in [1.82, 2.24) is 5.43 Å². The third-order valence-corrected chi connectivity index (χ3v) is 2.48. The van der Waals surface area contributed by atoms with Crippen LogP contribution in [0, 0.1) is 0 Å². The summed E-state index contributed by atoms with van der Waals surface area (Å²) in [5.74, 6) is 5.42.